The molecule has 1 aromatic rings. The normalized spacial score (nSPS) is 16.8. The average Bonchev–Trinajstić information content (AvgIpc) is 2.37. The molecule has 1 aliphatic rings. The van der Waals surface area contributed by atoms with Gasteiger partial charge in [0, 0.05) is 31.6 Å². The topological polar surface area (TPSA) is 44.1 Å². The van der Waals surface area contributed by atoms with Crippen LogP contribution in [-0.4, -0.2) is 18.9 Å². The lowest BCUT2D eigenvalue weighted by molar-refractivity contribution is -0.126. The summed E-state index contributed by atoms with van der Waals surface area (Å²) in [6, 6.07) is 10.4. The van der Waals surface area contributed by atoms with Crippen molar-refractivity contribution < 1.29 is 4.79 Å². The van der Waals surface area contributed by atoms with Gasteiger partial charge in [-0.25, -0.2) is 0 Å². The Balaban J connectivity index is 2.23. The van der Waals surface area contributed by atoms with Crippen LogP contribution in [0.4, 0.5) is 5.69 Å². The minimum Gasteiger partial charge on any atom is -0.372 e. The highest BCUT2D eigenvalue weighted by Crippen LogP contribution is 2.41. The van der Waals surface area contributed by atoms with E-state index in [0.717, 1.165) is 18.7 Å². The van der Waals surface area contributed by atoms with E-state index in [4.69, 9.17) is 0 Å². The number of nitriles is 1. The van der Waals surface area contributed by atoms with Gasteiger partial charge in [0.1, 0.15) is 5.78 Å². The van der Waals surface area contributed by atoms with E-state index in [2.05, 4.69) is 24.8 Å². The summed E-state index contributed by atoms with van der Waals surface area (Å²) >= 11 is 0. The summed E-state index contributed by atoms with van der Waals surface area (Å²) in [4.78, 5) is 13.4. The Morgan fingerprint density at radius 3 is 2.17 bits per heavy atom. The molecule has 1 aromatic carbocycles. The molecular formula is C15H18N2O. The third-order valence-corrected chi connectivity index (χ3v) is 3.76. The Hall–Kier alpha value is -1.82. The molecule has 0 amide bonds. The molecule has 3 heteroatoms. The first-order chi connectivity index (χ1) is 8.65. The fourth-order valence-corrected chi connectivity index (χ4v) is 2.55. The minimum absolute atomic E-state index is 0.185. The van der Waals surface area contributed by atoms with E-state index in [9.17, 15) is 10.1 Å². The number of carbonyl (C=O) groups is 1. The molecule has 0 atom stereocenters. The molecule has 0 saturated heterocycles. The maximum Gasteiger partial charge on any atom is 0.136 e. The van der Waals surface area contributed by atoms with Gasteiger partial charge in [-0.15, -0.1) is 0 Å². The van der Waals surface area contributed by atoms with Crippen molar-refractivity contribution in [1.29, 1.82) is 5.26 Å². The van der Waals surface area contributed by atoms with Gasteiger partial charge in [0.05, 0.1) is 11.5 Å². The number of hydrogen-bond acceptors (Lipinski definition) is 3. The van der Waals surface area contributed by atoms with Crippen molar-refractivity contribution >= 4 is 11.5 Å². The molecule has 1 aliphatic carbocycles. The zero-order valence-electron chi connectivity index (χ0n) is 10.9. The molecule has 2 rings (SSSR count). The van der Waals surface area contributed by atoms with Crippen molar-refractivity contribution in [3.63, 3.8) is 0 Å². The predicted molar refractivity (Wildman–Crippen MR) is 71.5 cm³/mol. The minimum atomic E-state index is -0.557. The van der Waals surface area contributed by atoms with Gasteiger partial charge in [-0.3, -0.25) is 4.79 Å². The van der Waals surface area contributed by atoms with Gasteiger partial charge in [-0.05, 0) is 31.5 Å². The molecule has 0 aliphatic heterocycles. The lowest BCUT2D eigenvalue weighted by Crippen LogP contribution is -2.40. The molecule has 0 N–H and O–H groups in total. The van der Waals surface area contributed by atoms with Crippen LogP contribution < -0.4 is 4.90 Å². The molecule has 3 nitrogen and oxygen atoms in total. The molecule has 94 valence electrons. The van der Waals surface area contributed by atoms with Crippen LogP contribution in [0.2, 0.25) is 0 Å². The van der Waals surface area contributed by atoms with Gasteiger partial charge in [0.2, 0.25) is 0 Å². The summed E-state index contributed by atoms with van der Waals surface area (Å²) in [5.41, 5.74) is 1.58. The van der Waals surface area contributed by atoms with Crippen molar-refractivity contribution in [3.05, 3.63) is 29.8 Å². The number of Topliss-reactive ketones (excluding diaryl/α,β-unsaturated/α-hetero) is 1. The van der Waals surface area contributed by atoms with Gasteiger partial charge >= 0.3 is 0 Å². The highest BCUT2D eigenvalue weighted by atomic mass is 16.1. The molecule has 18 heavy (non-hydrogen) atoms. The fourth-order valence-electron chi connectivity index (χ4n) is 2.55. The first-order valence-electron chi connectivity index (χ1n) is 6.43. The first-order valence-corrected chi connectivity index (χ1v) is 6.43. The van der Waals surface area contributed by atoms with Gasteiger partial charge in [0.15, 0.2) is 0 Å². The Morgan fingerprint density at radius 2 is 1.78 bits per heavy atom. The summed E-state index contributed by atoms with van der Waals surface area (Å²) in [5, 5.41) is 9.27. The van der Waals surface area contributed by atoms with Crippen LogP contribution in [-0.2, 0) is 10.2 Å². The van der Waals surface area contributed by atoms with E-state index < -0.39 is 5.41 Å². The van der Waals surface area contributed by atoms with Crippen molar-refractivity contribution in [2.75, 3.05) is 18.0 Å². The van der Waals surface area contributed by atoms with E-state index in [1.165, 1.54) is 5.69 Å². The summed E-state index contributed by atoms with van der Waals surface area (Å²) in [6.45, 7) is 6.19. The van der Waals surface area contributed by atoms with E-state index in [0.29, 0.717) is 12.8 Å². The second kappa shape index (κ2) is 4.81. The molecule has 0 aromatic heterocycles. The lowest BCUT2D eigenvalue weighted by Gasteiger charge is -2.34. The number of benzene rings is 1. The summed E-state index contributed by atoms with van der Waals surface area (Å²) < 4.78 is 0. The third kappa shape index (κ3) is 1.99. The van der Waals surface area contributed by atoms with E-state index in [-0.39, 0.29) is 5.78 Å². The fraction of sp³-hybridized carbons (Fsp3) is 0.467. The van der Waals surface area contributed by atoms with Crippen LogP contribution in [0.15, 0.2) is 24.3 Å². The van der Waals surface area contributed by atoms with Gasteiger partial charge in [-0.1, -0.05) is 12.1 Å². The summed E-state index contributed by atoms with van der Waals surface area (Å²) in [5.74, 6) is 0.185. The van der Waals surface area contributed by atoms with Crippen molar-refractivity contribution in [3.8, 4) is 6.07 Å². The molecule has 0 radical (unpaired) electrons. The van der Waals surface area contributed by atoms with Crippen LogP contribution in [0.3, 0.4) is 0 Å². The lowest BCUT2D eigenvalue weighted by atomic mass is 9.65. The van der Waals surface area contributed by atoms with Crippen LogP contribution >= 0.6 is 0 Å². The van der Waals surface area contributed by atoms with Gasteiger partial charge in [0.25, 0.3) is 0 Å². The number of ketones is 1. The van der Waals surface area contributed by atoms with Crippen molar-refractivity contribution in [2.45, 2.75) is 32.1 Å². The second-order valence-electron chi connectivity index (χ2n) is 4.81. The molecule has 0 bridgehead atoms. The number of anilines is 1. The van der Waals surface area contributed by atoms with Crippen LogP contribution in [0.5, 0.6) is 0 Å². The monoisotopic (exact) mass is 242 g/mol. The van der Waals surface area contributed by atoms with E-state index >= 15 is 0 Å². The zero-order valence-corrected chi connectivity index (χ0v) is 10.9. The average molecular weight is 242 g/mol. The smallest absolute Gasteiger partial charge is 0.136 e. The van der Waals surface area contributed by atoms with Crippen molar-refractivity contribution in [2.24, 2.45) is 0 Å². The third-order valence-electron chi connectivity index (χ3n) is 3.76. The Kier molecular flexibility index (Phi) is 3.38. The maximum atomic E-state index is 11.2. The summed E-state index contributed by atoms with van der Waals surface area (Å²) in [7, 11) is 0. The predicted octanol–water partition coefficient (Wildman–Crippen LogP) is 2.66. The first kappa shape index (κ1) is 12.6. The van der Waals surface area contributed by atoms with E-state index in [1.807, 2.05) is 24.3 Å². The molecule has 0 spiro atoms. The Morgan fingerprint density at radius 1 is 1.22 bits per heavy atom. The van der Waals surface area contributed by atoms with Crippen LogP contribution in [0.25, 0.3) is 0 Å². The van der Waals surface area contributed by atoms with E-state index in [1.54, 1.807) is 0 Å². The van der Waals surface area contributed by atoms with Gasteiger partial charge in [-0.2, -0.15) is 5.26 Å². The summed E-state index contributed by atoms with van der Waals surface area (Å²) in [6.07, 6.45) is 0.738. The molecule has 1 saturated carbocycles. The number of rotatable bonds is 4. The Labute approximate surface area is 108 Å². The standard InChI is InChI=1S/C15H18N2O/c1-3-17(4-2)13-7-5-12(6-8-13)15(11-16)9-14(18)10-15/h5-8H,3-4,9-10H2,1-2H3. The molecule has 0 unspecified atom stereocenters. The quantitative estimate of drug-likeness (QED) is 0.815. The number of carbonyl (C=O) groups excluding carboxylic acids is 1. The van der Waals surface area contributed by atoms with Gasteiger partial charge < -0.3 is 4.90 Å². The largest absolute Gasteiger partial charge is 0.372 e. The maximum absolute atomic E-state index is 11.2. The van der Waals surface area contributed by atoms with Crippen molar-refractivity contribution in [1.82, 2.24) is 0 Å². The SMILES string of the molecule is CCN(CC)c1ccc(C2(C#N)CC(=O)C2)cc1. The molecular weight excluding hydrogens is 224 g/mol. The second-order valence-corrected chi connectivity index (χ2v) is 4.81. The van der Waals surface area contributed by atoms with Crippen LogP contribution in [0, 0.1) is 11.3 Å². The van der Waals surface area contributed by atoms with Crippen LogP contribution in [0.1, 0.15) is 32.3 Å². The number of nitrogens with zero attached hydrogens (tertiary/aromatic N) is 2. The highest BCUT2D eigenvalue weighted by molar-refractivity contribution is 5.90. The Bertz CT molecular complexity index is 472. The molecule has 1 fully saturated rings. The number of hydrogen-bond donors (Lipinski definition) is 0. The highest BCUT2D eigenvalue weighted by Gasteiger charge is 2.45. The zero-order chi connectivity index (χ0) is 13.2. The molecule has 0 heterocycles.